The van der Waals surface area contributed by atoms with Crippen LogP contribution < -0.4 is 11.1 Å². The van der Waals surface area contributed by atoms with E-state index >= 15 is 0 Å². The van der Waals surface area contributed by atoms with Crippen LogP contribution in [-0.2, 0) is 11.2 Å². The smallest absolute Gasteiger partial charge is 0.226 e. The second-order valence-electron chi connectivity index (χ2n) is 5.07. The third-order valence-electron chi connectivity index (χ3n) is 3.50. The first-order chi connectivity index (χ1) is 8.74. The number of nitrogen functional groups attached to an aromatic ring is 1. The molecule has 0 bridgehead atoms. The van der Waals surface area contributed by atoms with E-state index in [1.165, 1.54) is 32.1 Å². The van der Waals surface area contributed by atoms with Crippen LogP contribution in [0.5, 0.6) is 0 Å². The van der Waals surface area contributed by atoms with Gasteiger partial charge in [-0.25, -0.2) is 0 Å². The van der Waals surface area contributed by atoms with Gasteiger partial charge >= 0.3 is 0 Å². The maximum absolute atomic E-state index is 11.8. The molecule has 0 aromatic carbocycles. The maximum atomic E-state index is 11.8. The Morgan fingerprint density at radius 1 is 1.33 bits per heavy atom. The van der Waals surface area contributed by atoms with Crippen LogP contribution in [0.25, 0.3) is 0 Å². The first-order valence-corrected chi connectivity index (χ1v) is 6.71. The van der Waals surface area contributed by atoms with Crippen molar-refractivity contribution in [1.82, 2.24) is 10.3 Å². The number of carbonyl (C=O) groups is 1. The van der Waals surface area contributed by atoms with Crippen LogP contribution in [-0.4, -0.2) is 17.4 Å². The topological polar surface area (TPSA) is 68.0 Å². The van der Waals surface area contributed by atoms with Gasteiger partial charge in [-0.1, -0.05) is 19.3 Å². The average molecular weight is 247 g/mol. The Balaban J connectivity index is 1.73. The van der Waals surface area contributed by atoms with E-state index in [2.05, 4.69) is 10.3 Å². The van der Waals surface area contributed by atoms with E-state index in [-0.39, 0.29) is 5.91 Å². The molecule has 18 heavy (non-hydrogen) atoms. The summed E-state index contributed by atoms with van der Waals surface area (Å²) in [4.78, 5) is 15.9. The predicted octanol–water partition coefficient (Wildman–Crippen LogP) is 1.90. The summed E-state index contributed by atoms with van der Waals surface area (Å²) in [5.74, 6) is 0.722. The molecule has 0 aliphatic heterocycles. The summed E-state index contributed by atoms with van der Waals surface area (Å²) < 4.78 is 0. The van der Waals surface area contributed by atoms with E-state index in [0.29, 0.717) is 18.0 Å². The maximum Gasteiger partial charge on any atom is 0.226 e. The zero-order valence-corrected chi connectivity index (χ0v) is 10.7. The minimum atomic E-state index is 0.0536. The summed E-state index contributed by atoms with van der Waals surface area (Å²) in [6.45, 7) is 0.813. The quantitative estimate of drug-likeness (QED) is 0.854. The molecule has 1 aliphatic carbocycles. The van der Waals surface area contributed by atoms with Crippen molar-refractivity contribution in [2.24, 2.45) is 5.92 Å². The zero-order chi connectivity index (χ0) is 12.8. The lowest BCUT2D eigenvalue weighted by Gasteiger charge is -2.21. The highest BCUT2D eigenvalue weighted by Gasteiger charge is 2.14. The molecule has 1 fully saturated rings. The summed E-state index contributed by atoms with van der Waals surface area (Å²) in [6, 6.07) is 3.58. The number of rotatable bonds is 4. The molecule has 1 aliphatic rings. The Hall–Kier alpha value is -1.58. The van der Waals surface area contributed by atoms with Crippen LogP contribution >= 0.6 is 0 Å². The molecular formula is C14H21N3O. The number of nitrogens with zero attached hydrogens (tertiary/aromatic N) is 1. The summed E-state index contributed by atoms with van der Waals surface area (Å²) in [5, 5.41) is 3.01. The summed E-state index contributed by atoms with van der Waals surface area (Å²) in [6.07, 6.45) is 8.39. The molecule has 98 valence electrons. The highest BCUT2D eigenvalue weighted by molar-refractivity contribution is 5.78. The van der Waals surface area contributed by atoms with E-state index in [9.17, 15) is 4.79 Å². The molecule has 4 nitrogen and oxygen atoms in total. The molecule has 0 unspecified atom stereocenters. The fourth-order valence-electron chi connectivity index (χ4n) is 2.42. The van der Waals surface area contributed by atoms with Crippen LogP contribution in [0.2, 0.25) is 0 Å². The number of amides is 1. The van der Waals surface area contributed by atoms with Gasteiger partial charge < -0.3 is 11.1 Å². The third kappa shape index (κ3) is 4.02. The van der Waals surface area contributed by atoms with Crippen LogP contribution in [0, 0.1) is 5.92 Å². The first kappa shape index (κ1) is 12.9. The van der Waals surface area contributed by atoms with Gasteiger partial charge in [0.05, 0.1) is 18.3 Å². The summed E-state index contributed by atoms with van der Waals surface area (Å²) in [5.41, 5.74) is 6.95. The van der Waals surface area contributed by atoms with Gasteiger partial charge in [-0.2, -0.15) is 0 Å². The van der Waals surface area contributed by atoms with Gasteiger partial charge in [0.1, 0.15) is 0 Å². The molecule has 0 spiro atoms. The minimum absolute atomic E-state index is 0.0536. The average Bonchev–Trinajstić information content (AvgIpc) is 2.40. The second kappa shape index (κ2) is 6.38. The Morgan fingerprint density at radius 3 is 2.78 bits per heavy atom. The van der Waals surface area contributed by atoms with Gasteiger partial charge in [0.2, 0.25) is 5.91 Å². The van der Waals surface area contributed by atoms with Gasteiger partial charge in [0, 0.05) is 12.2 Å². The summed E-state index contributed by atoms with van der Waals surface area (Å²) in [7, 11) is 0. The van der Waals surface area contributed by atoms with Crippen molar-refractivity contribution in [1.29, 1.82) is 0 Å². The van der Waals surface area contributed by atoms with Crippen molar-refractivity contribution in [3.05, 3.63) is 24.0 Å². The highest BCUT2D eigenvalue weighted by atomic mass is 16.1. The van der Waals surface area contributed by atoms with Crippen LogP contribution in [0.1, 0.15) is 37.8 Å². The predicted molar refractivity (Wildman–Crippen MR) is 71.9 cm³/mol. The number of anilines is 1. The molecule has 1 amide bonds. The SMILES string of the molecule is Nc1ccc(CC(=O)NCC2CCCCC2)nc1. The fraction of sp³-hybridized carbons (Fsp3) is 0.571. The Labute approximate surface area is 108 Å². The van der Waals surface area contributed by atoms with E-state index < -0.39 is 0 Å². The van der Waals surface area contributed by atoms with E-state index in [1.807, 2.05) is 0 Å². The molecule has 1 aromatic heterocycles. The lowest BCUT2D eigenvalue weighted by molar-refractivity contribution is -0.120. The molecule has 1 heterocycles. The minimum Gasteiger partial charge on any atom is -0.397 e. The van der Waals surface area contributed by atoms with E-state index in [1.54, 1.807) is 18.3 Å². The number of hydrogen-bond donors (Lipinski definition) is 2. The lowest BCUT2D eigenvalue weighted by atomic mass is 9.89. The van der Waals surface area contributed by atoms with E-state index in [0.717, 1.165) is 12.2 Å². The number of hydrogen-bond acceptors (Lipinski definition) is 3. The largest absolute Gasteiger partial charge is 0.397 e. The van der Waals surface area contributed by atoms with Crippen molar-refractivity contribution in [3.63, 3.8) is 0 Å². The zero-order valence-electron chi connectivity index (χ0n) is 10.7. The van der Waals surface area contributed by atoms with Crippen molar-refractivity contribution < 1.29 is 4.79 Å². The molecule has 0 saturated heterocycles. The van der Waals surface area contributed by atoms with Gasteiger partial charge in [-0.3, -0.25) is 9.78 Å². The van der Waals surface area contributed by atoms with Gasteiger partial charge in [-0.15, -0.1) is 0 Å². The normalized spacial score (nSPS) is 16.4. The van der Waals surface area contributed by atoms with Crippen LogP contribution in [0.3, 0.4) is 0 Å². The van der Waals surface area contributed by atoms with Crippen molar-refractivity contribution in [2.45, 2.75) is 38.5 Å². The number of pyridine rings is 1. The molecule has 0 radical (unpaired) electrons. The van der Waals surface area contributed by atoms with Crippen LogP contribution in [0.4, 0.5) is 5.69 Å². The number of aromatic nitrogens is 1. The molecule has 0 atom stereocenters. The third-order valence-corrected chi connectivity index (χ3v) is 3.50. The number of nitrogens with two attached hydrogens (primary N) is 1. The van der Waals surface area contributed by atoms with Crippen LogP contribution in [0.15, 0.2) is 18.3 Å². The number of carbonyl (C=O) groups excluding carboxylic acids is 1. The monoisotopic (exact) mass is 247 g/mol. The molecule has 1 aromatic rings. The molecular weight excluding hydrogens is 226 g/mol. The number of nitrogens with one attached hydrogen (secondary N) is 1. The highest BCUT2D eigenvalue weighted by Crippen LogP contribution is 2.22. The fourth-order valence-corrected chi connectivity index (χ4v) is 2.42. The van der Waals surface area contributed by atoms with Gasteiger partial charge in [0.15, 0.2) is 0 Å². The molecule has 1 saturated carbocycles. The van der Waals surface area contributed by atoms with Gasteiger partial charge in [0.25, 0.3) is 0 Å². The van der Waals surface area contributed by atoms with Crippen molar-refractivity contribution in [3.8, 4) is 0 Å². The Morgan fingerprint density at radius 2 is 2.11 bits per heavy atom. The Bertz CT molecular complexity index is 383. The molecule has 3 N–H and O–H groups in total. The van der Waals surface area contributed by atoms with Crippen molar-refractivity contribution >= 4 is 11.6 Å². The van der Waals surface area contributed by atoms with E-state index in [4.69, 9.17) is 5.73 Å². The van der Waals surface area contributed by atoms with Gasteiger partial charge in [-0.05, 0) is 30.9 Å². The lowest BCUT2D eigenvalue weighted by Crippen LogP contribution is -2.31. The molecule has 2 rings (SSSR count). The second-order valence-corrected chi connectivity index (χ2v) is 5.07. The Kier molecular flexibility index (Phi) is 4.56. The van der Waals surface area contributed by atoms with Crippen molar-refractivity contribution in [2.75, 3.05) is 12.3 Å². The summed E-state index contributed by atoms with van der Waals surface area (Å²) >= 11 is 0. The standard InChI is InChI=1S/C14H21N3O/c15-12-6-7-13(16-10-12)8-14(18)17-9-11-4-2-1-3-5-11/h6-7,10-11H,1-5,8-9,15H2,(H,17,18). The molecule has 4 heteroatoms. The first-order valence-electron chi connectivity index (χ1n) is 6.71.